The standard InChI is InChI=1S/C61H44N4/c1-39-14-4-6-16-49(39)56-38-55(62-61(63-56)50-17-7-5-15-40(50)2)45-30-26-43(27-31-45)42-24-28-44(29-25-42)48-34-32-46(36-41(48)3)64-59-23-13-10-20-53(59)54-37-47(33-35-60(54)64)65-57-21-11-8-18-51(57)52-19-9-12-22-58(52)65/h4-38H,1-3H3. The summed E-state index contributed by atoms with van der Waals surface area (Å²) >= 11 is 0. The second-order valence-corrected chi connectivity index (χ2v) is 17.2. The van der Waals surface area contributed by atoms with Crippen molar-refractivity contribution in [1.82, 2.24) is 19.1 Å². The fourth-order valence-corrected chi connectivity index (χ4v) is 9.90. The number of para-hydroxylation sites is 3. The summed E-state index contributed by atoms with van der Waals surface area (Å²) in [5.41, 5.74) is 20.5. The maximum atomic E-state index is 5.12. The van der Waals surface area contributed by atoms with E-state index in [0.717, 1.165) is 56.4 Å². The van der Waals surface area contributed by atoms with Gasteiger partial charge in [-0.1, -0.05) is 158 Å². The molecule has 0 radical (unpaired) electrons. The second kappa shape index (κ2) is 15.5. The van der Waals surface area contributed by atoms with Gasteiger partial charge in [-0.2, -0.15) is 0 Å². The van der Waals surface area contributed by atoms with Crippen LogP contribution in [0.5, 0.6) is 0 Å². The van der Waals surface area contributed by atoms with E-state index in [0.29, 0.717) is 0 Å². The monoisotopic (exact) mass is 832 g/mol. The molecule has 0 fully saturated rings. The molecular formula is C61H44N4. The van der Waals surface area contributed by atoms with Crippen molar-refractivity contribution in [3.05, 3.63) is 229 Å². The highest BCUT2D eigenvalue weighted by Crippen LogP contribution is 2.38. The number of aromatic nitrogens is 4. The zero-order chi connectivity index (χ0) is 43.6. The molecule has 0 saturated heterocycles. The SMILES string of the molecule is Cc1cc(-n2c3ccccc3c3cc(-n4c5ccccc5c5ccccc54)ccc32)ccc1-c1ccc(-c2ccc(-c3cc(-c4ccccc4C)nc(-c4ccccc4C)n3)cc2)cc1. The number of fused-ring (bicyclic) bond motifs is 6. The van der Waals surface area contributed by atoms with Gasteiger partial charge < -0.3 is 9.13 Å². The summed E-state index contributed by atoms with van der Waals surface area (Å²) in [4.78, 5) is 10.2. The number of hydrogen-bond donors (Lipinski definition) is 0. The van der Waals surface area contributed by atoms with Crippen LogP contribution in [0.2, 0.25) is 0 Å². The first-order valence-corrected chi connectivity index (χ1v) is 22.3. The number of rotatable bonds is 7. The van der Waals surface area contributed by atoms with E-state index >= 15 is 0 Å². The largest absolute Gasteiger partial charge is 0.309 e. The third-order valence-corrected chi connectivity index (χ3v) is 13.2. The van der Waals surface area contributed by atoms with Crippen LogP contribution in [0.25, 0.3) is 111 Å². The summed E-state index contributed by atoms with van der Waals surface area (Å²) < 4.78 is 4.82. The van der Waals surface area contributed by atoms with Crippen LogP contribution in [-0.2, 0) is 0 Å². The lowest BCUT2D eigenvalue weighted by molar-refractivity contribution is 1.16. The molecule has 3 heterocycles. The zero-order valence-electron chi connectivity index (χ0n) is 36.5. The first-order valence-electron chi connectivity index (χ1n) is 22.3. The molecule has 308 valence electrons. The molecule has 12 aromatic rings. The van der Waals surface area contributed by atoms with Gasteiger partial charge in [0.05, 0.1) is 33.5 Å². The lowest BCUT2D eigenvalue weighted by atomic mass is 9.96. The molecule has 0 bridgehead atoms. The van der Waals surface area contributed by atoms with Crippen LogP contribution >= 0.6 is 0 Å². The van der Waals surface area contributed by atoms with Crippen LogP contribution in [0.3, 0.4) is 0 Å². The number of hydrogen-bond acceptors (Lipinski definition) is 2. The molecule has 65 heavy (non-hydrogen) atoms. The zero-order valence-corrected chi connectivity index (χ0v) is 36.5. The highest BCUT2D eigenvalue weighted by Gasteiger charge is 2.18. The molecule has 3 aromatic heterocycles. The van der Waals surface area contributed by atoms with Crippen molar-refractivity contribution in [1.29, 1.82) is 0 Å². The molecule has 0 saturated carbocycles. The molecular weight excluding hydrogens is 789 g/mol. The smallest absolute Gasteiger partial charge is 0.160 e. The van der Waals surface area contributed by atoms with E-state index in [1.54, 1.807) is 0 Å². The summed E-state index contributed by atoms with van der Waals surface area (Å²) in [6.45, 7) is 6.48. The third-order valence-electron chi connectivity index (χ3n) is 13.2. The molecule has 12 rings (SSSR count). The van der Waals surface area contributed by atoms with Gasteiger partial charge in [-0.3, -0.25) is 0 Å². The first-order chi connectivity index (χ1) is 32.0. The lowest BCUT2D eigenvalue weighted by Crippen LogP contribution is -1.98. The fraction of sp³-hybridized carbons (Fsp3) is 0.0492. The highest BCUT2D eigenvalue weighted by atomic mass is 15.0. The molecule has 0 aliphatic heterocycles. The number of nitrogens with zero attached hydrogens (tertiary/aromatic N) is 4. The molecule has 0 aliphatic rings. The van der Waals surface area contributed by atoms with Crippen LogP contribution in [0, 0.1) is 20.8 Å². The van der Waals surface area contributed by atoms with Crippen LogP contribution < -0.4 is 0 Å². The van der Waals surface area contributed by atoms with E-state index in [-0.39, 0.29) is 0 Å². The van der Waals surface area contributed by atoms with Gasteiger partial charge in [0.1, 0.15) is 0 Å². The Hall–Kier alpha value is -8.34. The molecule has 4 nitrogen and oxygen atoms in total. The topological polar surface area (TPSA) is 35.6 Å². The fourth-order valence-electron chi connectivity index (χ4n) is 9.90. The molecule has 4 heteroatoms. The predicted octanol–water partition coefficient (Wildman–Crippen LogP) is 15.9. The Bertz CT molecular complexity index is 3680. The van der Waals surface area contributed by atoms with Crippen molar-refractivity contribution in [3.8, 4) is 67.5 Å². The predicted molar refractivity (Wildman–Crippen MR) is 272 cm³/mol. The van der Waals surface area contributed by atoms with Gasteiger partial charge in [0.15, 0.2) is 5.82 Å². The van der Waals surface area contributed by atoms with Gasteiger partial charge in [0, 0.05) is 49.6 Å². The molecule has 0 atom stereocenters. The Morgan fingerprint density at radius 2 is 0.738 bits per heavy atom. The second-order valence-electron chi connectivity index (χ2n) is 17.2. The molecule has 0 N–H and O–H groups in total. The van der Waals surface area contributed by atoms with E-state index in [2.05, 4.69) is 242 Å². The number of aryl methyl sites for hydroxylation is 3. The lowest BCUT2D eigenvalue weighted by Gasteiger charge is -2.14. The molecule has 0 unspecified atom stereocenters. The average molecular weight is 833 g/mol. The highest BCUT2D eigenvalue weighted by molar-refractivity contribution is 6.12. The minimum absolute atomic E-state index is 0.738. The minimum Gasteiger partial charge on any atom is -0.309 e. The van der Waals surface area contributed by atoms with E-state index < -0.39 is 0 Å². The van der Waals surface area contributed by atoms with Gasteiger partial charge in [-0.25, -0.2) is 9.97 Å². The summed E-state index contributed by atoms with van der Waals surface area (Å²) in [6, 6.07) is 76.6. The van der Waals surface area contributed by atoms with Gasteiger partial charge in [0.2, 0.25) is 0 Å². The van der Waals surface area contributed by atoms with Crippen LogP contribution in [-0.4, -0.2) is 19.1 Å². The van der Waals surface area contributed by atoms with Gasteiger partial charge in [0.25, 0.3) is 0 Å². The van der Waals surface area contributed by atoms with Crippen LogP contribution in [0.1, 0.15) is 16.7 Å². The van der Waals surface area contributed by atoms with Gasteiger partial charge in [-0.05, 0) is 114 Å². The Kier molecular flexibility index (Phi) is 9.13. The van der Waals surface area contributed by atoms with Crippen molar-refractivity contribution in [2.75, 3.05) is 0 Å². The Morgan fingerprint density at radius 3 is 1.32 bits per heavy atom. The van der Waals surface area contributed by atoms with Crippen molar-refractivity contribution in [2.24, 2.45) is 0 Å². The minimum atomic E-state index is 0.738. The van der Waals surface area contributed by atoms with Crippen LogP contribution in [0.4, 0.5) is 0 Å². The summed E-state index contributed by atoms with van der Waals surface area (Å²) in [5, 5.41) is 5.02. The Morgan fingerprint density at radius 1 is 0.292 bits per heavy atom. The van der Waals surface area contributed by atoms with Crippen LogP contribution in [0.15, 0.2) is 212 Å². The maximum Gasteiger partial charge on any atom is 0.160 e. The third kappa shape index (κ3) is 6.53. The Balaban J connectivity index is 0.854. The normalized spacial score (nSPS) is 11.6. The quantitative estimate of drug-likeness (QED) is 0.160. The van der Waals surface area contributed by atoms with Crippen molar-refractivity contribution < 1.29 is 0 Å². The maximum absolute atomic E-state index is 5.12. The van der Waals surface area contributed by atoms with E-state index in [4.69, 9.17) is 9.97 Å². The summed E-state index contributed by atoms with van der Waals surface area (Å²) in [5.74, 6) is 0.738. The number of benzene rings is 9. The molecule has 0 amide bonds. The average Bonchev–Trinajstić information content (AvgIpc) is 3.87. The summed E-state index contributed by atoms with van der Waals surface area (Å²) in [7, 11) is 0. The first kappa shape index (κ1) is 38.3. The van der Waals surface area contributed by atoms with Crippen molar-refractivity contribution in [3.63, 3.8) is 0 Å². The summed E-state index contributed by atoms with van der Waals surface area (Å²) in [6.07, 6.45) is 0. The van der Waals surface area contributed by atoms with Crippen molar-refractivity contribution >= 4 is 43.6 Å². The molecule has 0 spiro atoms. The van der Waals surface area contributed by atoms with E-state index in [1.807, 2.05) is 0 Å². The van der Waals surface area contributed by atoms with Gasteiger partial charge >= 0.3 is 0 Å². The molecule has 0 aliphatic carbocycles. The van der Waals surface area contributed by atoms with Gasteiger partial charge in [-0.15, -0.1) is 0 Å². The Labute approximate surface area is 378 Å². The molecule has 9 aromatic carbocycles. The van der Waals surface area contributed by atoms with E-state index in [9.17, 15) is 0 Å². The van der Waals surface area contributed by atoms with Crippen molar-refractivity contribution in [2.45, 2.75) is 20.8 Å². The van der Waals surface area contributed by atoms with E-state index in [1.165, 1.54) is 71.4 Å².